The molecule has 5 heteroatoms. The minimum absolute atomic E-state index is 0.0493. The highest BCUT2D eigenvalue weighted by Gasteiger charge is 2.36. The molecule has 148 valence electrons. The molecule has 1 heterocycles. The van der Waals surface area contributed by atoms with Gasteiger partial charge in [-0.2, -0.15) is 0 Å². The zero-order valence-electron chi connectivity index (χ0n) is 16.5. The molecule has 4 nitrogen and oxygen atoms in total. The van der Waals surface area contributed by atoms with Gasteiger partial charge in [-0.25, -0.2) is 0 Å². The Hall–Kier alpha value is -2.30. The van der Waals surface area contributed by atoms with Crippen LogP contribution >= 0.6 is 11.6 Å². The van der Waals surface area contributed by atoms with Crippen molar-refractivity contribution >= 4 is 23.2 Å². The molecule has 2 aromatic carbocycles. The van der Waals surface area contributed by atoms with Gasteiger partial charge in [0.05, 0.1) is 7.11 Å². The summed E-state index contributed by atoms with van der Waals surface area (Å²) in [4.78, 5) is 15.5. The number of carbonyl (C=O) groups is 1. The molecule has 2 atom stereocenters. The number of hydrogen-bond acceptors (Lipinski definition) is 3. The molecule has 1 aliphatic heterocycles. The monoisotopic (exact) mass is 398 g/mol. The number of rotatable bonds is 7. The molecule has 0 saturated heterocycles. The Morgan fingerprint density at radius 2 is 2.04 bits per heavy atom. The molecule has 1 N–H and O–H groups in total. The number of benzene rings is 2. The van der Waals surface area contributed by atoms with Crippen molar-refractivity contribution in [3.63, 3.8) is 0 Å². The molecular weight excluding hydrogens is 372 g/mol. The van der Waals surface area contributed by atoms with E-state index in [0.717, 1.165) is 35.5 Å². The van der Waals surface area contributed by atoms with Crippen molar-refractivity contribution in [2.24, 2.45) is 5.92 Å². The highest BCUT2D eigenvalue weighted by molar-refractivity contribution is 6.30. The van der Waals surface area contributed by atoms with Gasteiger partial charge in [-0.3, -0.25) is 4.79 Å². The molecular formula is C23H27ClN2O2. The SMILES string of the molecule is C=CC[C@H]1C(=O)N(CCNC)c2ccc(Cl)cc2C[C@H]1c1ccc(OC)cc1. The van der Waals surface area contributed by atoms with E-state index in [4.69, 9.17) is 16.3 Å². The third-order valence-electron chi connectivity index (χ3n) is 5.39. The fraction of sp³-hybridized carbons (Fsp3) is 0.348. The van der Waals surface area contributed by atoms with Gasteiger partial charge in [0.25, 0.3) is 0 Å². The third kappa shape index (κ3) is 4.23. The fourth-order valence-electron chi connectivity index (χ4n) is 3.95. The minimum atomic E-state index is -0.172. The van der Waals surface area contributed by atoms with E-state index in [1.807, 2.05) is 48.4 Å². The first-order valence-corrected chi connectivity index (χ1v) is 9.96. The molecule has 1 aliphatic rings. The third-order valence-corrected chi connectivity index (χ3v) is 5.63. The lowest BCUT2D eigenvalue weighted by atomic mass is 9.80. The number of methoxy groups -OCH3 is 1. The van der Waals surface area contributed by atoms with Gasteiger partial charge < -0.3 is 15.0 Å². The van der Waals surface area contributed by atoms with E-state index < -0.39 is 0 Å². The van der Waals surface area contributed by atoms with Crippen molar-refractivity contribution in [2.75, 3.05) is 32.1 Å². The second-order valence-electron chi connectivity index (χ2n) is 7.08. The van der Waals surface area contributed by atoms with Gasteiger partial charge in [-0.05, 0) is 67.3 Å². The summed E-state index contributed by atoms with van der Waals surface area (Å²) in [6.45, 7) is 5.24. The van der Waals surface area contributed by atoms with Crippen LogP contribution in [-0.4, -0.2) is 33.2 Å². The van der Waals surface area contributed by atoms with Crippen LogP contribution in [0.25, 0.3) is 0 Å². The highest BCUT2D eigenvalue weighted by Crippen LogP contribution is 2.40. The summed E-state index contributed by atoms with van der Waals surface area (Å²) in [5.74, 6) is 0.822. The van der Waals surface area contributed by atoms with Crippen molar-refractivity contribution < 1.29 is 9.53 Å². The molecule has 0 spiro atoms. The smallest absolute Gasteiger partial charge is 0.231 e. The van der Waals surface area contributed by atoms with Gasteiger partial charge in [0.1, 0.15) is 5.75 Å². The van der Waals surface area contributed by atoms with Crippen LogP contribution in [0.4, 0.5) is 5.69 Å². The summed E-state index contributed by atoms with van der Waals surface area (Å²) in [6, 6.07) is 13.8. The van der Waals surface area contributed by atoms with Gasteiger partial charge in [-0.1, -0.05) is 29.8 Å². The lowest BCUT2D eigenvalue weighted by molar-refractivity contribution is -0.122. The molecule has 28 heavy (non-hydrogen) atoms. The number of likely N-dealkylation sites (N-methyl/N-ethyl adjacent to an activating group) is 1. The first-order valence-electron chi connectivity index (χ1n) is 9.58. The van der Waals surface area contributed by atoms with E-state index >= 15 is 0 Å². The number of ether oxygens (including phenoxy) is 1. The number of fused-ring (bicyclic) bond motifs is 1. The molecule has 3 rings (SSSR count). The molecule has 0 fully saturated rings. The lowest BCUT2D eigenvalue weighted by Gasteiger charge is -2.28. The van der Waals surface area contributed by atoms with E-state index in [9.17, 15) is 4.79 Å². The van der Waals surface area contributed by atoms with Crippen LogP contribution in [0.3, 0.4) is 0 Å². The van der Waals surface area contributed by atoms with E-state index in [2.05, 4.69) is 24.0 Å². The van der Waals surface area contributed by atoms with E-state index in [1.165, 1.54) is 0 Å². The van der Waals surface area contributed by atoms with Gasteiger partial charge in [0.15, 0.2) is 0 Å². The Morgan fingerprint density at radius 1 is 1.29 bits per heavy atom. The Labute approximate surface area is 172 Å². The van der Waals surface area contributed by atoms with Crippen molar-refractivity contribution in [1.82, 2.24) is 5.32 Å². The maximum Gasteiger partial charge on any atom is 0.231 e. The number of anilines is 1. The van der Waals surface area contributed by atoms with E-state index in [-0.39, 0.29) is 17.7 Å². The Bertz CT molecular complexity index is 835. The van der Waals surface area contributed by atoms with Gasteiger partial charge >= 0.3 is 0 Å². The summed E-state index contributed by atoms with van der Waals surface area (Å²) < 4.78 is 5.29. The normalized spacial score (nSPS) is 19.1. The van der Waals surface area contributed by atoms with Crippen molar-refractivity contribution in [3.8, 4) is 5.75 Å². The van der Waals surface area contributed by atoms with Gasteiger partial charge in [0, 0.05) is 29.7 Å². The highest BCUT2D eigenvalue weighted by atomic mass is 35.5. The Kier molecular flexibility index (Phi) is 6.76. The molecule has 2 aromatic rings. The van der Waals surface area contributed by atoms with Gasteiger partial charge in [0.2, 0.25) is 5.91 Å². The number of nitrogens with zero attached hydrogens (tertiary/aromatic N) is 1. The van der Waals surface area contributed by atoms with Gasteiger partial charge in [-0.15, -0.1) is 6.58 Å². The predicted molar refractivity (Wildman–Crippen MR) is 115 cm³/mol. The number of amides is 1. The maximum atomic E-state index is 13.6. The van der Waals surface area contributed by atoms with Crippen LogP contribution < -0.4 is 15.0 Å². The van der Waals surface area contributed by atoms with Crippen LogP contribution in [0.1, 0.15) is 23.5 Å². The van der Waals surface area contributed by atoms with E-state index in [0.29, 0.717) is 18.0 Å². The number of nitrogens with one attached hydrogen (secondary N) is 1. The van der Waals surface area contributed by atoms with Crippen LogP contribution in [0.5, 0.6) is 5.75 Å². The molecule has 1 amide bonds. The lowest BCUT2D eigenvalue weighted by Crippen LogP contribution is -2.40. The fourth-order valence-corrected chi connectivity index (χ4v) is 4.15. The molecule has 0 radical (unpaired) electrons. The number of carbonyl (C=O) groups excluding carboxylic acids is 1. The van der Waals surface area contributed by atoms with Crippen LogP contribution in [0.15, 0.2) is 55.1 Å². The summed E-state index contributed by atoms with van der Waals surface area (Å²) >= 11 is 6.30. The largest absolute Gasteiger partial charge is 0.497 e. The second kappa shape index (κ2) is 9.26. The number of halogens is 1. The molecule has 0 aromatic heterocycles. The molecule has 0 unspecified atom stereocenters. The Morgan fingerprint density at radius 3 is 2.68 bits per heavy atom. The summed E-state index contributed by atoms with van der Waals surface area (Å²) in [6.07, 6.45) is 3.23. The van der Waals surface area contributed by atoms with E-state index in [1.54, 1.807) is 7.11 Å². The quantitative estimate of drug-likeness (QED) is 0.701. The first kappa shape index (κ1) is 20.4. The molecule has 0 bridgehead atoms. The average Bonchev–Trinajstić information content (AvgIpc) is 2.82. The second-order valence-corrected chi connectivity index (χ2v) is 7.52. The van der Waals surface area contributed by atoms with Crippen LogP contribution in [0.2, 0.25) is 5.02 Å². The average molecular weight is 399 g/mol. The van der Waals surface area contributed by atoms with Crippen LogP contribution in [0, 0.1) is 5.92 Å². The molecule has 0 saturated carbocycles. The molecule has 0 aliphatic carbocycles. The zero-order valence-corrected chi connectivity index (χ0v) is 17.2. The topological polar surface area (TPSA) is 41.6 Å². The standard InChI is InChI=1S/C23H27ClN2O2/c1-4-5-20-21(16-6-9-19(28-3)10-7-16)15-17-14-18(24)8-11-22(17)26(23(20)27)13-12-25-2/h4,6-11,14,20-21,25H,1,5,12-13,15H2,2-3H3/t20-,21+/m1/s1. The Balaban J connectivity index is 2.08. The number of allylic oxidation sites excluding steroid dienone is 1. The minimum Gasteiger partial charge on any atom is -0.497 e. The summed E-state index contributed by atoms with van der Waals surface area (Å²) in [5.41, 5.74) is 3.18. The maximum absolute atomic E-state index is 13.6. The van der Waals surface area contributed by atoms with Crippen molar-refractivity contribution in [2.45, 2.75) is 18.8 Å². The van der Waals surface area contributed by atoms with Crippen molar-refractivity contribution in [1.29, 1.82) is 0 Å². The van der Waals surface area contributed by atoms with Crippen LogP contribution in [-0.2, 0) is 11.2 Å². The van der Waals surface area contributed by atoms with Crippen molar-refractivity contribution in [3.05, 3.63) is 71.3 Å². The summed E-state index contributed by atoms with van der Waals surface area (Å²) in [7, 11) is 3.55. The number of hydrogen-bond donors (Lipinski definition) is 1. The first-order chi connectivity index (χ1) is 13.6. The zero-order chi connectivity index (χ0) is 20.1. The predicted octanol–water partition coefficient (Wildman–Crippen LogP) is 4.43. The summed E-state index contributed by atoms with van der Waals surface area (Å²) in [5, 5.41) is 3.84.